The number of H-pyrrole nitrogens is 1. The first-order valence-corrected chi connectivity index (χ1v) is 12.5. The predicted molar refractivity (Wildman–Crippen MR) is 131 cm³/mol. The molecule has 168 valence electrons. The van der Waals surface area contributed by atoms with Crippen molar-refractivity contribution in [3.63, 3.8) is 0 Å². The summed E-state index contributed by atoms with van der Waals surface area (Å²) in [6, 6.07) is 6.70. The van der Waals surface area contributed by atoms with Crippen LogP contribution in [0.4, 0.5) is 16.2 Å². The molecule has 0 aliphatic heterocycles. The maximum atomic E-state index is 12.5. The molecule has 1 aliphatic carbocycles. The van der Waals surface area contributed by atoms with E-state index in [9.17, 15) is 14.4 Å². The molecule has 0 saturated carbocycles. The second kappa shape index (κ2) is 9.74. The molecule has 0 unspecified atom stereocenters. The Morgan fingerprint density at radius 3 is 2.69 bits per heavy atom. The van der Waals surface area contributed by atoms with Crippen molar-refractivity contribution in [3.8, 4) is 0 Å². The van der Waals surface area contributed by atoms with Gasteiger partial charge in [0.2, 0.25) is 5.91 Å². The zero-order valence-electron chi connectivity index (χ0n) is 17.9. The van der Waals surface area contributed by atoms with Gasteiger partial charge in [0.05, 0.1) is 28.3 Å². The molecule has 0 saturated heterocycles. The fourth-order valence-electron chi connectivity index (χ4n) is 3.66. The highest BCUT2D eigenvalue weighted by atomic mass is 32.2. The van der Waals surface area contributed by atoms with Crippen molar-refractivity contribution in [2.45, 2.75) is 44.9 Å². The van der Waals surface area contributed by atoms with Crippen LogP contribution in [0, 0.1) is 0 Å². The maximum Gasteiger partial charge on any atom is 0.319 e. The summed E-state index contributed by atoms with van der Waals surface area (Å²) in [6.45, 7) is 3.74. The summed E-state index contributed by atoms with van der Waals surface area (Å²) < 4.78 is 0. The monoisotopic (exact) mass is 471 g/mol. The number of aromatic nitrogens is 2. The highest BCUT2D eigenvalue weighted by molar-refractivity contribution is 7.99. The van der Waals surface area contributed by atoms with E-state index in [4.69, 9.17) is 0 Å². The standard InChI is InChI=1S/C22H25N5O3S2/c1-12(2)23-22(30)25-15-8-4-3-7-14(15)24-18(28)11-31-10-17-26-20(29)19-13-6-5-9-16(13)32-21(19)27-17/h3-4,7-8,12H,5-6,9-11H2,1-2H3,(H,24,28)(H2,23,25,30)(H,26,27,29). The van der Waals surface area contributed by atoms with Gasteiger partial charge in [0.25, 0.3) is 5.56 Å². The molecule has 0 fully saturated rings. The molecule has 0 radical (unpaired) electrons. The molecule has 4 rings (SSSR count). The van der Waals surface area contributed by atoms with Gasteiger partial charge in [-0.15, -0.1) is 23.1 Å². The van der Waals surface area contributed by atoms with Crippen LogP contribution in [0.15, 0.2) is 29.1 Å². The summed E-state index contributed by atoms with van der Waals surface area (Å²) in [4.78, 5) is 46.5. The van der Waals surface area contributed by atoms with Crippen LogP contribution < -0.4 is 21.5 Å². The van der Waals surface area contributed by atoms with Crippen molar-refractivity contribution in [1.29, 1.82) is 0 Å². The fourth-order valence-corrected chi connectivity index (χ4v) is 5.63. The van der Waals surface area contributed by atoms with Gasteiger partial charge in [-0.25, -0.2) is 9.78 Å². The zero-order valence-corrected chi connectivity index (χ0v) is 19.5. The number of hydrogen-bond donors (Lipinski definition) is 4. The van der Waals surface area contributed by atoms with Crippen LogP contribution in [0.5, 0.6) is 0 Å². The smallest absolute Gasteiger partial charge is 0.319 e. The molecule has 0 bridgehead atoms. The lowest BCUT2D eigenvalue weighted by Crippen LogP contribution is -2.34. The number of carbonyl (C=O) groups is 2. The molecule has 2 aromatic heterocycles. The Hall–Kier alpha value is -2.85. The molecular formula is C22H25N5O3S2. The number of fused-ring (bicyclic) bond motifs is 3. The molecule has 0 atom stereocenters. The number of amides is 3. The molecule has 1 aliphatic rings. The largest absolute Gasteiger partial charge is 0.336 e. The highest BCUT2D eigenvalue weighted by Gasteiger charge is 2.21. The Kier molecular flexibility index (Phi) is 6.80. The first-order valence-electron chi connectivity index (χ1n) is 10.5. The number of hydrogen-bond acceptors (Lipinski definition) is 6. The quantitative estimate of drug-likeness (QED) is 0.417. The normalized spacial score (nSPS) is 12.7. The van der Waals surface area contributed by atoms with Gasteiger partial charge in [-0.2, -0.15) is 0 Å². The second-order valence-electron chi connectivity index (χ2n) is 7.89. The van der Waals surface area contributed by atoms with Crippen LogP contribution >= 0.6 is 23.1 Å². The number of thiophene rings is 1. The molecule has 32 heavy (non-hydrogen) atoms. The number of rotatable bonds is 7. The molecule has 0 spiro atoms. The van der Waals surface area contributed by atoms with Gasteiger partial charge in [0.15, 0.2) is 0 Å². The number of carbonyl (C=O) groups excluding carboxylic acids is 2. The number of para-hydroxylation sites is 2. The number of nitrogens with one attached hydrogen (secondary N) is 4. The molecule has 8 nitrogen and oxygen atoms in total. The molecule has 4 N–H and O–H groups in total. The van der Waals surface area contributed by atoms with E-state index in [1.807, 2.05) is 13.8 Å². The summed E-state index contributed by atoms with van der Waals surface area (Å²) in [7, 11) is 0. The molecule has 1 aromatic carbocycles. The lowest BCUT2D eigenvalue weighted by molar-refractivity contribution is -0.113. The van der Waals surface area contributed by atoms with Crippen LogP contribution in [0.2, 0.25) is 0 Å². The van der Waals surface area contributed by atoms with Gasteiger partial charge in [0, 0.05) is 10.9 Å². The predicted octanol–water partition coefficient (Wildman–Crippen LogP) is 3.88. The summed E-state index contributed by atoms with van der Waals surface area (Å²) in [6.07, 6.45) is 3.07. The van der Waals surface area contributed by atoms with Crippen molar-refractivity contribution >= 4 is 56.6 Å². The Morgan fingerprint density at radius 2 is 1.94 bits per heavy atom. The molecule has 2 heterocycles. The van der Waals surface area contributed by atoms with Gasteiger partial charge >= 0.3 is 6.03 Å². The fraction of sp³-hybridized carbons (Fsp3) is 0.364. The van der Waals surface area contributed by atoms with Crippen LogP contribution in [0.1, 0.15) is 36.5 Å². The number of thioether (sulfide) groups is 1. The van der Waals surface area contributed by atoms with Crippen LogP contribution in [0.25, 0.3) is 10.2 Å². The first-order chi connectivity index (χ1) is 15.4. The average Bonchev–Trinajstić information content (AvgIpc) is 3.29. The van der Waals surface area contributed by atoms with E-state index in [2.05, 4.69) is 25.9 Å². The molecular weight excluding hydrogens is 446 g/mol. The van der Waals surface area contributed by atoms with Crippen molar-refractivity contribution < 1.29 is 9.59 Å². The van der Waals surface area contributed by atoms with E-state index in [1.165, 1.54) is 16.6 Å². The lowest BCUT2D eigenvalue weighted by Gasteiger charge is -2.14. The Morgan fingerprint density at radius 1 is 1.19 bits per heavy atom. The minimum atomic E-state index is -0.332. The summed E-state index contributed by atoms with van der Waals surface area (Å²) in [5, 5.41) is 9.07. The number of anilines is 2. The second-order valence-corrected chi connectivity index (χ2v) is 9.96. The number of benzene rings is 1. The third-order valence-electron chi connectivity index (χ3n) is 4.97. The van der Waals surface area contributed by atoms with Crippen molar-refractivity contribution in [1.82, 2.24) is 15.3 Å². The van der Waals surface area contributed by atoms with Gasteiger partial charge in [-0.05, 0) is 50.8 Å². The number of nitrogens with zero attached hydrogens (tertiary/aromatic N) is 1. The average molecular weight is 472 g/mol. The van der Waals surface area contributed by atoms with E-state index in [1.54, 1.807) is 35.6 Å². The number of urea groups is 1. The topological polar surface area (TPSA) is 116 Å². The number of aryl methyl sites for hydroxylation is 2. The van der Waals surface area contributed by atoms with Crippen molar-refractivity contribution in [3.05, 3.63) is 50.9 Å². The summed E-state index contributed by atoms with van der Waals surface area (Å²) in [5.41, 5.74) is 2.12. The number of aromatic amines is 1. The molecule has 3 aromatic rings. The molecule has 10 heteroatoms. The minimum Gasteiger partial charge on any atom is -0.336 e. The highest BCUT2D eigenvalue weighted by Crippen LogP contribution is 2.34. The van der Waals surface area contributed by atoms with Crippen molar-refractivity contribution in [2.75, 3.05) is 16.4 Å². The summed E-state index contributed by atoms with van der Waals surface area (Å²) >= 11 is 2.98. The third kappa shape index (κ3) is 5.13. The van der Waals surface area contributed by atoms with Gasteiger partial charge in [-0.3, -0.25) is 9.59 Å². The third-order valence-corrected chi connectivity index (χ3v) is 7.09. The van der Waals surface area contributed by atoms with Crippen molar-refractivity contribution in [2.24, 2.45) is 0 Å². The lowest BCUT2D eigenvalue weighted by atomic mass is 10.2. The maximum absolute atomic E-state index is 12.5. The van der Waals surface area contributed by atoms with Gasteiger partial charge in [0.1, 0.15) is 10.7 Å². The Labute approximate surface area is 193 Å². The van der Waals surface area contributed by atoms with Gasteiger partial charge < -0.3 is 20.9 Å². The van der Waals surface area contributed by atoms with Crippen LogP contribution in [-0.2, 0) is 23.4 Å². The SMILES string of the molecule is CC(C)NC(=O)Nc1ccccc1NC(=O)CSCc1nc2sc3c(c2c(=O)[nH]1)CCC3. The first kappa shape index (κ1) is 22.3. The Balaban J connectivity index is 1.34. The Bertz CT molecular complexity index is 1220. The molecule has 3 amide bonds. The van der Waals surface area contributed by atoms with Crippen LogP contribution in [-0.4, -0.2) is 33.7 Å². The van der Waals surface area contributed by atoms with Gasteiger partial charge in [-0.1, -0.05) is 12.1 Å². The van der Waals surface area contributed by atoms with E-state index in [-0.39, 0.29) is 29.3 Å². The summed E-state index contributed by atoms with van der Waals surface area (Å²) in [5.74, 6) is 0.993. The minimum absolute atomic E-state index is 0.00242. The van der Waals surface area contributed by atoms with Crippen LogP contribution in [0.3, 0.4) is 0 Å². The van der Waals surface area contributed by atoms with E-state index >= 15 is 0 Å². The zero-order chi connectivity index (χ0) is 22.7. The van der Waals surface area contributed by atoms with E-state index in [0.717, 1.165) is 35.0 Å². The van der Waals surface area contributed by atoms with E-state index in [0.29, 0.717) is 23.0 Å². The van der Waals surface area contributed by atoms with E-state index < -0.39 is 0 Å².